The summed E-state index contributed by atoms with van der Waals surface area (Å²) >= 11 is 0. The Morgan fingerprint density at radius 3 is 2.34 bits per heavy atom. The minimum atomic E-state index is -4.22. The average Bonchev–Trinajstić information content (AvgIpc) is 2.99. The maximum absolute atomic E-state index is 14.6. The molecule has 6 nitrogen and oxygen atoms in total. The molecule has 0 unspecified atom stereocenters. The second kappa shape index (κ2) is 7.02. The molecule has 0 saturated heterocycles. The molecule has 2 aromatic heterocycles. The van der Waals surface area contributed by atoms with Crippen LogP contribution in [0, 0.1) is 18.6 Å². The maximum atomic E-state index is 14.6. The van der Waals surface area contributed by atoms with Crippen LogP contribution in [-0.4, -0.2) is 23.0 Å². The quantitative estimate of drug-likeness (QED) is 0.554. The van der Waals surface area contributed by atoms with Crippen molar-refractivity contribution in [2.75, 3.05) is 0 Å². The van der Waals surface area contributed by atoms with E-state index in [1.54, 1.807) is 23.9 Å². The lowest BCUT2D eigenvalue weighted by Crippen LogP contribution is -2.14. The van der Waals surface area contributed by atoms with E-state index in [-0.39, 0.29) is 12.1 Å². The molecule has 0 aliphatic heterocycles. The van der Waals surface area contributed by atoms with Crippen LogP contribution in [0.1, 0.15) is 11.4 Å². The van der Waals surface area contributed by atoms with Crippen LogP contribution in [0.3, 0.4) is 0 Å². The van der Waals surface area contributed by atoms with Gasteiger partial charge in [0.15, 0.2) is 0 Å². The van der Waals surface area contributed by atoms with E-state index in [2.05, 4.69) is 9.97 Å². The monoisotopic (exact) mass is 414 g/mol. The van der Waals surface area contributed by atoms with Gasteiger partial charge in [-0.05, 0) is 24.6 Å². The first-order valence-corrected chi connectivity index (χ1v) is 10.2. The van der Waals surface area contributed by atoms with E-state index in [1.807, 2.05) is 30.3 Å². The van der Waals surface area contributed by atoms with Gasteiger partial charge in [-0.25, -0.2) is 27.3 Å². The van der Waals surface area contributed by atoms with Crippen molar-refractivity contribution in [3.05, 3.63) is 77.9 Å². The van der Waals surface area contributed by atoms with Crippen molar-refractivity contribution in [1.29, 1.82) is 0 Å². The second-order valence-electron chi connectivity index (χ2n) is 6.58. The number of imidazole rings is 1. The third kappa shape index (κ3) is 3.50. The summed E-state index contributed by atoms with van der Waals surface area (Å²) in [6, 6.07) is 10.9. The summed E-state index contributed by atoms with van der Waals surface area (Å²) in [5, 5.41) is 4.98. The highest BCUT2D eigenvalue weighted by Gasteiger charge is 2.20. The van der Waals surface area contributed by atoms with Crippen LogP contribution >= 0.6 is 0 Å². The van der Waals surface area contributed by atoms with Gasteiger partial charge >= 0.3 is 0 Å². The molecule has 2 heterocycles. The number of rotatable bonds is 4. The minimum absolute atomic E-state index is 0.172. The molecular formula is C20H16F2N4O2S. The zero-order valence-electron chi connectivity index (χ0n) is 15.3. The van der Waals surface area contributed by atoms with Crippen molar-refractivity contribution in [2.24, 2.45) is 5.14 Å². The predicted molar refractivity (Wildman–Crippen MR) is 105 cm³/mol. The van der Waals surface area contributed by atoms with Gasteiger partial charge in [-0.2, -0.15) is 0 Å². The zero-order chi connectivity index (χ0) is 20.8. The Morgan fingerprint density at radius 1 is 1.07 bits per heavy atom. The normalized spacial score (nSPS) is 11.9. The van der Waals surface area contributed by atoms with E-state index in [0.717, 1.165) is 23.3 Å². The van der Waals surface area contributed by atoms with E-state index in [1.165, 1.54) is 0 Å². The van der Waals surface area contributed by atoms with Gasteiger partial charge in [0.25, 0.3) is 0 Å². The van der Waals surface area contributed by atoms with Gasteiger partial charge in [0.1, 0.15) is 23.0 Å². The van der Waals surface area contributed by atoms with Gasteiger partial charge in [-0.15, -0.1) is 0 Å². The van der Waals surface area contributed by atoms with Gasteiger partial charge in [0, 0.05) is 17.3 Å². The molecule has 0 bridgehead atoms. The van der Waals surface area contributed by atoms with Crippen LogP contribution in [0.5, 0.6) is 0 Å². The summed E-state index contributed by atoms with van der Waals surface area (Å²) in [5.41, 5.74) is 2.64. The summed E-state index contributed by atoms with van der Waals surface area (Å²) in [6.45, 7) is 1.55. The maximum Gasteiger partial charge on any atom is 0.238 e. The number of pyridine rings is 1. The third-order valence-corrected chi connectivity index (χ3v) is 5.58. The molecule has 29 heavy (non-hydrogen) atoms. The molecular weight excluding hydrogens is 398 g/mol. The molecule has 0 aliphatic carbocycles. The molecule has 0 spiro atoms. The highest BCUT2D eigenvalue weighted by molar-refractivity contribution is 7.89. The summed E-state index contributed by atoms with van der Waals surface area (Å²) < 4.78 is 53.7. The minimum Gasteiger partial charge on any atom is -0.323 e. The number of benzene rings is 2. The standard InChI is InChI=1S/C20H16F2N4O2S/c1-12-25-19-10-24-9-15(13-5-3-2-4-6-13)20(19)26(12)11-16-17(21)7-14(8-18(16)22)29(23,27)28/h2-10H,11H2,1H3,(H2,23,27,28). The van der Waals surface area contributed by atoms with E-state index in [9.17, 15) is 17.2 Å². The number of nitrogens with zero attached hydrogens (tertiary/aromatic N) is 3. The summed E-state index contributed by atoms with van der Waals surface area (Å²) in [4.78, 5) is 8.06. The molecule has 0 amide bonds. The van der Waals surface area contributed by atoms with E-state index in [4.69, 9.17) is 5.14 Å². The molecule has 0 atom stereocenters. The summed E-state index contributed by atoms with van der Waals surface area (Å²) in [7, 11) is -4.22. The lowest BCUT2D eigenvalue weighted by molar-refractivity contribution is 0.535. The molecule has 0 aliphatic rings. The smallest absolute Gasteiger partial charge is 0.238 e. The lowest BCUT2D eigenvalue weighted by Gasteiger charge is -2.13. The Hall–Kier alpha value is -3.17. The number of nitrogens with two attached hydrogens (primary N) is 1. The highest BCUT2D eigenvalue weighted by atomic mass is 32.2. The fourth-order valence-corrected chi connectivity index (χ4v) is 3.82. The van der Waals surface area contributed by atoms with Crippen molar-refractivity contribution < 1.29 is 17.2 Å². The Morgan fingerprint density at radius 2 is 1.72 bits per heavy atom. The molecule has 2 N–H and O–H groups in total. The molecule has 4 rings (SSSR count). The Labute approximate surface area is 165 Å². The molecule has 4 aromatic rings. The SMILES string of the molecule is Cc1nc2cncc(-c3ccccc3)c2n1Cc1c(F)cc(S(N)(=O)=O)cc1F. The molecule has 0 radical (unpaired) electrons. The van der Waals surface area contributed by atoms with Crippen LogP contribution in [-0.2, 0) is 16.6 Å². The summed E-state index contributed by atoms with van der Waals surface area (Å²) in [5.74, 6) is -1.45. The fraction of sp³-hybridized carbons (Fsp3) is 0.100. The molecule has 148 valence electrons. The van der Waals surface area contributed by atoms with Crippen molar-refractivity contribution in [3.8, 4) is 11.1 Å². The number of fused-ring (bicyclic) bond motifs is 1. The topological polar surface area (TPSA) is 90.9 Å². The number of aromatic nitrogens is 3. The van der Waals surface area contributed by atoms with E-state index in [0.29, 0.717) is 16.9 Å². The first-order valence-electron chi connectivity index (χ1n) is 8.62. The summed E-state index contributed by atoms with van der Waals surface area (Å²) in [6.07, 6.45) is 3.26. The zero-order valence-corrected chi connectivity index (χ0v) is 16.1. The van der Waals surface area contributed by atoms with Gasteiger partial charge in [0.05, 0.1) is 23.2 Å². The number of primary sulfonamides is 1. The van der Waals surface area contributed by atoms with Crippen LogP contribution in [0.25, 0.3) is 22.2 Å². The largest absolute Gasteiger partial charge is 0.323 e. The Balaban J connectivity index is 1.89. The molecule has 0 saturated carbocycles. The number of hydrogen-bond acceptors (Lipinski definition) is 4. The predicted octanol–water partition coefficient (Wildman–Crippen LogP) is 3.38. The van der Waals surface area contributed by atoms with Crippen LogP contribution in [0.2, 0.25) is 0 Å². The number of hydrogen-bond donors (Lipinski definition) is 1. The number of aryl methyl sites for hydroxylation is 1. The van der Waals surface area contributed by atoms with Crippen molar-refractivity contribution in [3.63, 3.8) is 0 Å². The first-order chi connectivity index (χ1) is 13.8. The van der Waals surface area contributed by atoms with Crippen molar-refractivity contribution in [1.82, 2.24) is 14.5 Å². The molecule has 2 aromatic carbocycles. The highest BCUT2D eigenvalue weighted by Crippen LogP contribution is 2.30. The Kier molecular flexibility index (Phi) is 4.64. The second-order valence-corrected chi connectivity index (χ2v) is 8.14. The van der Waals surface area contributed by atoms with Gasteiger partial charge in [0.2, 0.25) is 10.0 Å². The average molecular weight is 414 g/mol. The third-order valence-electron chi connectivity index (χ3n) is 4.69. The van der Waals surface area contributed by atoms with Gasteiger partial charge in [-0.1, -0.05) is 30.3 Å². The van der Waals surface area contributed by atoms with Crippen molar-refractivity contribution in [2.45, 2.75) is 18.4 Å². The Bertz CT molecular complexity index is 1310. The van der Waals surface area contributed by atoms with Crippen LogP contribution < -0.4 is 5.14 Å². The van der Waals surface area contributed by atoms with Crippen LogP contribution in [0.15, 0.2) is 59.8 Å². The van der Waals surface area contributed by atoms with Crippen LogP contribution in [0.4, 0.5) is 8.78 Å². The van der Waals surface area contributed by atoms with E-state index < -0.39 is 26.6 Å². The fourth-order valence-electron chi connectivity index (χ4n) is 3.28. The number of halogens is 2. The lowest BCUT2D eigenvalue weighted by atomic mass is 10.1. The van der Waals surface area contributed by atoms with Gasteiger partial charge in [-0.3, -0.25) is 4.98 Å². The van der Waals surface area contributed by atoms with Gasteiger partial charge < -0.3 is 4.57 Å². The first kappa shape index (κ1) is 19.2. The molecule has 0 fully saturated rings. The molecule has 9 heteroatoms. The van der Waals surface area contributed by atoms with Crippen molar-refractivity contribution >= 4 is 21.1 Å². The number of sulfonamides is 1. The van der Waals surface area contributed by atoms with E-state index >= 15 is 0 Å².